The molecular formula is C32H28FN3OS. The van der Waals surface area contributed by atoms with Gasteiger partial charge in [-0.05, 0) is 58.7 Å². The zero-order chi connectivity index (χ0) is 26.2. The molecule has 0 N–H and O–H groups in total. The maximum atomic E-state index is 13.4. The highest BCUT2D eigenvalue weighted by molar-refractivity contribution is 7.80. The van der Waals surface area contributed by atoms with Crippen LogP contribution in [0.1, 0.15) is 11.1 Å². The van der Waals surface area contributed by atoms with Crippen molar-refractivity contribution < 1.29 is 9.13 Å². The van der Waals surface area contributed by atoms with Crippen LogP contribution in [0.2, 0.25) is 0 Å². The van der Waals surface area contributed by atoms with Crippen LogP contribution in [0.25, 0.3) is 22.3 Å². The largest absolute Gasteiger partial charge is 0.491 e. The summed E-state index contributed by atoms with van der Waals surface area (Å²) in [6, 6.07) is 28.8. The van der Waals surface area contributed by atoms with Crippen LogP contribution in [-0.4, -0.2) is 28.0 Å². The Morgan fingerprint density at radius 3 is 1.87 bits per heavy atom. The maximum Gasteiger partial charge on any atom is 0.132 e. The molecule has 0 spiro atoms. The van der Waals surface area contributed by atoms with Crippen LogP contribution >= 0.6 is 12.6 Å². The third kappa shape index (κ3) is 6.85. The van der Waals surface area contributed by atoms with E-state index in [1.807, 2.05) is 61.1 Å². The number of hydrogen-bond acceptors (Lipinski definition) is 5. The molecule has 2 aromatic heterocycles. The van der Waals surface area contributed by atoms with E-state index in [1.54, 1.807) is 18.3 Å². The number of rotatable bonds is 10. The van der Waals surface area contributed by atoms with Crippen molar-refractivity contribution in [2.75, 3.05) is 13.2 Å². The topological polar surface area (TPSA) is 38.2 Å². The Morgan fingerprint density at radius 2 is 1.24 bits per heavy atom. The molecule has 4 nitrogen and oxygen atoms in total. The monoisotopic (exact) mass is 521 g/mol. The molecule has 0 aliphatic rings. The molecule has 0 aliphatic heterocycles. The van der Waals surface area contributed by atoms with Crippen LogP contribution in [0.5, 0.6) is 5.75 Å². The molecule has 38 heavy (non-hydrogen) atoms. The smallest absolute Gasteiger partial charge is 0.132 e. The first-order valence-electron chi connectivity index (χ1n) is 12.5. The minimum atomic E-state index is -0.252. The van der Waals surface area contributed by atoms with Gasteiger partial charge >= 0.3 is 0 Å². The summed E-state index contributed by atoms with van der Waals surface area (Å²) in [6.45, 7) is 2.57. The van der Waals surface area contributed by atoms with Gasteiger partial charge in [0.2, 0.25) is 0 Å². The van der Waals surface area contributed by atoms with E-state index in [2.05, 4.69) is 51.8 Å². The normalized spacial score (nSPS) is 11.0. The Bertz CT molecular complexity index is 1480. The Balaban J connectivity index is 1.35. The molecule has 5 aromatic rings. The van der Waals surface area contributed by atoms with Crippen molar-refractivity contribution in [2.24, 2.45) is 0 Å². The average molecular weight is 522 g/mol. The third-order valence-electron chi connectivity index (χ3n) is 6.22. The summed E-state index contributed by atoms with van der Waals surface area (Å²) >= 11 is 4.50. The molecule has 0 atom stereocenters. The predicted molar refractivity (Wildman–Crippen MR) is 153 cm³/mol. The number of para-hydroxylation sites is 1. The summed E-state index contributed by atoms with van der Waals surface area (Å²) < 4.78 is 19.5. The standard InChI is InChI=1S/C32H28FN3OS/c33-30-12-10-27(11-13-30)29-17-25(19-35-21-29)23-36(14-15-37-31-8-4-5-9-32(31)38)22-24-16-28(20-34-18-24)26-6-2-1-3-7-26/h1-13,16-21,38H,14-15,22-23H2. The number of thiol groups is 1. The lowest BCUT2D eigenvalue weighted by Crippen LogP contribution is -2.28. The minimum absolute atomic E-state index is 0.252. The number of halogens is 1. The summed E-state index contributed by atoms with van der Waals surface area (Å²) in [7, 11) is 0. The molecule has 0 amide bonds. The van der Waals surface area contributed by atoms with E-state index in [4.69, 9.17) is 4.74 Å². The second-order valence-corrected chi connectivity index (χ2v) is 9.55. The van der Waals surface area contributed by atoms with Gasteiger partial charge in [-0.15, -0.1) is 12.6 Å². The molecule has 0 aliphatic carbocycles. The second kappa shape index (κ2) is 12.5. The molecule has 0 fully saturated rings. The van der Waals surface area contributed by atoms with Gasteiger partial charge in [-0.2, -0.15) is 0 Å². The molecule has 0 radical (unpaired) electrons. The van der Waals surface area contributed by atoms with Gasteiger partial charge in [0.05, 0.1) is 0 Å². The van der Waals surface area contributed by atoms with Gasteiger partial charge in [-0.1, -0.05) is 54.6 Å². The van der Waals surface area contributed by atoms with E-state index >= 15 is 0 Å². The second-order valence-electron chi connectivity index (χ2n) is 9.06. The molecule has 0 unspecified atom stereocenters. The van der Waals surface area contributed by atoms with Gasteiger partial charge in [0.1, 0.15) is 18.2 Å². The van der Waals surface area contributed by atoms with Gasteiger partial charge in [0.25, 0.3) is 0 Å². The first-order chi connectivity index (χ1) is 18.6. The van der Waals surface area contributed by atoms with Crippen LogP contribution in [0, 0.1) is 5.82 Å². The number of benzene rings is 3. The molecule has 3 aromatic carbocycles. The highest BCUT2D eigenvalue weighted by atomic mass is 32.1. The number of hydrogen-bond donors (Lipinski definition) is 1. The summed E-state index contributed by atoms with van der Waals surface area (Å²) in [5.74, 6) is 0.515. The fraction of sp³-hybridized carbons (Fsp3) is 0.125. The van der Waals surface area contributed by atoms with Gasteiger partial charge < -0.3 is 4.74 Å². The SMILES string of the molecule is Fc1ccc(-c2cncc(CN(CCOc3ccccc3S)Cc3cncc(-c4ccccc4)c3)c2)cc1. The lowest BCUT2D eigenvalue weighted by Gasteiger charge is -2.23. The van der Waals surface area contributed by atoms with Crippen molar-refractivity contribution in [3.8, 4) is 28.0 Å². The Morgan fingerprint density at radius 1 is 0.658 bits per heavy atom. The molecular weight excluding hydrogens is 493 g/mol. The highest BCUT2D eigenvalue weighted by Crippen LogP contribution is 2.24. The lowest BCUT2D eigenvalue weighted by atomic mass is 10.1. The van der Waals surface area contributed by atoms with E-state index in [0.29, 0.717) is 26.2 Å². The first kappa shape index (κ1) is 25.6. The quantitative estimate of drug-likeness (QED) is 0.195. The number of pyridine rings is 2. The summed E-state index contributed by atoms with van der Waals surface area (Å²) in [4.78, 5) is 12.1. The highest BCUT2D eigenvalue weighted by Gasteiger charge is 2.11. The minimum Gasteiger partial charge on any atom is -0.491 e. The Hall–Kier alpha value is -4.00. The zero-order valence-corrected chi connectivity index (χ0v) is 21.8. The zero-order valence-electron chi connectivity index (χ0n) is 20.9. The van der Waals surface area contributed by atoms with Crippen molar-refractivity contribution in [2.45, 2.75) is 18.0 Å². The van der Waals surface area contributed by atoms with Crippen LogP contribution in [-0.2, 0) is 13.1 Å². The molecule has 0 bridgehead atoms. The molecule has 5 rings (SSSR count). The fourth-order valence-corrected chi connectivity index (χ4v) is 4.56. The fourth-order valence-electron chi connectivity index (χ4n) is 4.33. The lowest BCUT2D eigenvalue weighted by molar-refractivity contribution is 0.194. The average Bonchev–Trinajstić information content (AvgIpc) is 2.95. The number of ether oxygens (including phenoxy) is 1. The molecule has 2 heterocycles. The van der Waals surface area contributed by atoms with Gasteiger partial charge in [0.15, 0.2) is 0 Å². The van der Waals surface area contributed by atoms with Gasteiger partial charge in [-0.3, -0.25) is 14.9 Å². The van der Waals surface area contributed by atoms with E-state index in [-0.39, 0.29) is 5.82 Å². The van der Waals surface area contributed by atoms with Crippen LogP contribution in [0.3, 0.4) is 0 Å². The van der Waals surface area contributed by atoms with E-state index < -0.39 is 0 Å². The summed E-state index contributed by atoms with van der Waals surface area (Å²) in [5, 5.41) is 0. The number of aromatic nitrogens is 2. The van der Waals surface area contributed by atoms with E-state index in [0.717, 1.165) is 44.0 Å². The Labute approximate surface area is 228 Å². The molecule has 0 saturated heterocycles. The summed E-state index contributed by atoms with van der Waals surface area (Å²) in [5.41, 5.74) is 6.29. The first-order valence-corrected chi connectivity index (χ1v) is 12.9. The van der Waals surface area contributed by atoms with Crippen molar-refractivity contribution in [1.82, 2.24) is 14.9 Å². The van der Waals surface area contributed by atoms with Crippen molar-refractivity contribution >= 4 is 12.6 Å². The Kier molecular flexibility index (Phi) is 8.43. The van der Waals surface area contributed by atoms with E-state index in [1.165, 1.54) is 12.1 Å². The summed E-state index contributed by atoms with van der Waals surface area (Å²) in [6.07, 6.45) is 7.49. The van der Waals surface area contributed by atoms with E-state index in [9.17, 15) is 4.39 Å². The van der Waals surface area contributed by atoms with Crippen LogP contribution in [0.4, 0.5) is 4.39 Å². The van der Waals surface area contributed by atoms with Crippen molar-refractivity contribution in [3.63, 3.8) is 0 Å². The number of nitrogens with zero attached hydrogens (tertiary/aromatic N) is 3. The maximum absolute atomic E-state index is 13.4. The van der Waals surface area contributed by atoms with Gasteiger partial charge in [0, 0.05) is 60.4 Å². The predicted octanol–water partition coefficient (Wildman–Crippen LogP) is 7.32. The third-order valence-corrected chi connectivity index (χ3v) is 6.59. The van der Waals surface area contributed by atoms with Crippen molar-refractivity contribution in [3.05, 3.63) is 133 Å². The molecule has 190 valence electrons. The van der Waals surface area contributed by atoms with Crippen molar-refractivity contribution in [1.29, 1.82) is 0 Å². The molecule has 6 heteroatoms. The van der Waals surface area contributed by atoms with Crippen LogP contribution < -0.4 is 4.74 Å². The van der Waals surface area contributed by atoms with Crippen LogP contribution in [0.15, 0.2) is 121 Å². The molecule has 0 saturated carbocycles. The van der Waals surface area contributed by atoms with Gasteiger partial charge in [-0.25, -0.2) is 4.39 Å².